The monoisotopic (exact) mass is 428 g/mol. The standard InChI is InChI=1S/C26H37ClN2O/c27-15-14-24-12-10-20-11-13-25(16-24,23(30)29-22-8-6-21(28)7-9-22)18-26(20,17-24)19-4-2-1-3-5-19/h1-5,20-22H,6-18,28H2,(H,29,30)/t20?,21-,22+,24-,25?,26+/m1/s1. The Morgan fingerprint density at radius 2 is 1.73 bits per heavy atom. The molecule has 0 radical (unpaired) electrons. The first-order valence-electron chi connectivity index (χ1n) is 12.2. The lowest BCUT2D eigenvalue weighted by Crippen LogP contribution is -2.62. The van der Waals surface area contributed by atoms with Gasteiger partial charge in [0.1, 0.15) is 0 Å². The molecule has 4 heteroatoms. The van der Waals surface area contributed by atoms with Crippen molar-refractivity contribution >= 4 is 17.5 Å². The van der Waals surface area contributed by atoms with Crippen molar-refractivity contribution < 1.29 is 4.79 Å². The highest BCUT2D eigenvalue weighted by Gasteiger charge is 2.64. The van der Waals surface area contributed by atoms with Crippen LogP contribution in [0.5, 0.6) is 0 Å². The quantitative estimate of drug-likeness (QED) is 0.625. The molecule has 4 aliphatic carbocycles. The number of carbonyl (C=O) groups is 1. The fraction of sp³-hybridized carbons (Fsp3) is 0.731. The molecule has 3 bridgehead atoms. The van der Waals surface area contributed by atoms with Crippen LogP contribution in [0.25, 0.3) is 0 Å². The summed E-state index contributed by atoms with van der Waals surface area (Å²) >= 11 is 6.35. The van der Waals surface area contributed by atoms with Crippen LogP contribution >= 0.6 is 11.6 Å². The number of carbonyl (C=O) groups excluding carboxylic acids is 1. The van der Waals surface area contributed by atoms with Crippen LogP contribution in [-0.4, -0.2) is 23.9 Å². The second-order valence-corrected chi connectivity index (χ2v) is 11.5. The van der Waals surface area contributed by atoms with Gasteiger partial charge in [-0.25, -0.2) is 0 Å². The van der Waals surface area contributed by atoms with Gasteiger partial charge in [0.25, 0.3) is 0 Å². The largest absolute Gasteiger partial charge is 0.353 e. The zero-order chi connectivity index (χ0) is 20.8. The molecule has 0 spiro atoms. The molecular formula is C26H37ClN2O. The van der Waals surface area contributed by atoms with Crippen LogP contribution in [0.3, 0.4) is 0 Å². The third kappa shape index (κ3) is 3.41. The van der Waals surface area contributed by atoms with E-state index < -0.39 is 0 Å². The van der Waals surface area contributed by atoms with E-state index in [-0.39, 0.29) is 16.2 Å². The van der Waals surface area contributed by atoms with Crippen molar-refractivity contribution in [3.63, 3.8) is 0 Å². The zero-order valence-corrected chi connectivity index (χ0v) is 18.9. The van der Waals surface area contributed by atoms with Crippen LogP contribution in [0.4, 0.5) is 0 Å². The van der Waals surface area contributed by atoms with Gasteiger partial charge in [-0.3, -0.25) is 4.79 Å². The molecule has 1 amide bonds. The summed E-state index contributed by atoms with van der Waals surface area (Å²) in [5.41, 5.74) is 7.71. The molecule has 5 rings (SSSR count). The maximum Gasteiger partial charge on any atom is 0.226 e. The molecule has 0 saturated heterocycles. The Balaban J connectivity index is 1.48. The SMILES string of the molecule is N[C@H]1CC[C@@H](NC(=O)C23CCC4CC[C@@](CCCl)(C2)C[C@@]4(c2ccccc2)C3)CC1. The van der Waals surface area contributed by atoms with E-state index in [0.717, 1.165) is 51.4 Å². The van der Waals surface area contributed by atoms with Crippen LogP contribution in [0.2, 0.25) is 0 Å². The molecule has 4 saturated carbocycles. The fourth-order valence-corrected chi connectivity index (χ4v) is 8.44. The summed E-state index contributed by atoms with van der Waals surface area (Å²) in [4.78, 5) is 13.9. The minimum atomic E-state index is -0.226. The van der Waals surface area contributed by atoms with Gasteiger partial charge in [-0.05, 0) is 99.4 Å². The predicted octanol–water partition coefficient (Wildman–Crippen LogP) is 5.30. The third-order valence-electron chi connectivity index (χ3n) is 9.40. The Morgan fingerprint density at radius 1 is 1.00 bits per heavy atom. The van der Waals surface area contributed by atoms with E-state index in [0.29, 0.717) is 29.8 Å². The highest BCUT2D eigenvalue weighted by molar-refractivity contribution is 6.17. The Bertz CT molecular complexity index is 776. The second kappa shape index (κ2) is 7.81. The van der Waals surface area contributed by atoms with Gasteiger partial charge in [0.05, 0.1) is 5.41 Å². The number of hydrogen-bond donors (Lipinski definition) is 2. The Labute approximate surface area is 186 Å². The van der Waals surface area contributed by atoms with E-state index in [2.05, 4.69) is 35.6 Å². The van der Waals surface area contributed by atoms with E-state index in [1.54, 1.807) is 0 Å². The topological polar surface area (TPSA) is 55.1 Å². The molecule has 2 unspecified atom stereocenters. The molecule has 4 aliphatic rings. The van der Waals surface area contributed by atoms with Crippen LogP contribution in [0.15, 0.2) is 30.3 Å². The number of fused-ring (bicyclic) bond motifs is 2. The Kier molecular flexibility index (Phi) is 5.42. The molecule has 4 atom stereocenters. The number of nitrogens with two attached hydrogens (primary N) is 1. The fourth-order valence-electron chi connectivity index (χ4n) is 8.04. The van der Waals surface area contributed by atoms with Crippen molar-refractivity contribution in [1.82, 2.24) is 5.32 Å². The molecule has 3 nitrogen and oxygen atoms in total. The van der Waals surface area contributed by atoms with E-state index in [1.165, 1.54) is 31.2 Å². The number of amides is 1. The molecule has 4 fully saturated rings. The van der Waals surface area contributed by atoms with Gasteiger partial charge in [0, 0.05) is 18.0 Å². The number of rotatable bonds is 5. The van der Waals surface area contributed by atoms with Gasteiger partial charge in [-0.15, -0.1) is 11.6 Å². The third-order valence-corrected chi connectivity index (χ3v) is 9.58. The molecule has 1 aromatic carbocycles. The minimum absolute atomic E-state index is 0.147. The maximum atomic E-state index is 13.9. The van der Waals surface area contributed by atoms with Crippen molar-refractivity contribution in [2.75, 3.05) is 5.88 Å². The van der Waals surface area contributed by atoms with E-state index in [4.69, 9.17) is 17.3 Å². The number of halogens is 1. The predicted molar refractivity (Wildman–Crippen MR) is 123 cm³/mol. The van der Waals surface area contributed by atoms with Crippen molar-refractivity contribution in [2.45, 2.75) is 94.5 Å². The van der Waals surface area contributed by atoms with E-state index in [1.807, 2.05) is 0 Å². The Morgan fingerprint density at radius 3 is 2.47 bits per heavy atom. The molecular weight excluding hydrogens is 392 g/mol. The molecule has 0 aliphatic heterocycles. The highest BCUT2D eigenvalue weighted by atomic mass is 35.5. The summed E-state index contributed by atoms with van der Waals surface area (Å²) in [5.74, 6) is 1.74. The zero-order valence-electron chi connectivity index (χ0n) is 18.2. The molecule has 1 aromatic rings. The lowest BCUT2D eigenvalue weighted by Gasteiger charge is -2.65. The summed E-state index contributed by atoms with van der Waals surface area (Å²) in [6.07, 6.45) is 13.2. The smallest absolute Gasteiger partial charge is 0.226 e. The number of benzene rings is 1. The first-order valence-corrected chi connectivity index (χ1v) is 12.7. The number of nitrogens with one attached hydrogen (secondary N) is 1. The van der Waals surface area contributed by atoms with Crippen LogP contribution in [0.1, 0.15) is 82.6 Å². The lowest BCUT2D eigenvalue weighted by atomic mass is 9.38. The molecule has 30 heavy (non-hydrogen) atoms. The lowest BCUT2D eigenvalue weighted by molar-refractivity contribution is -0.156. The van der Waals surface area contributed by atoms with Crippen molar-refractivity contribution in [3.05, 3.63) is 35.9 Å². The summed E-state index contributed by atoms with van der Waals surface area (Å²) in [6.45, 7) is 0. The molecule has 164 valence electrons. The van der Waals surface area contributed by atoms with Crippen LogP contribution in [-0.2, 0) is 10.2 Å². The van der Waals surface area contributed by atoms with Gasteiger partial charge in [-0.1, -0.05) is 30.3 Å². The first kappa shape index (κ1) is 20.8. The molecule has 0 heterocycles. The molecule has 0 aromatic heterocycles. The van der Waals surface area contributed by atoms with E-state index in [9.17, 15) is 4.79 Å². The summed E-state index contributed by atoms with van der Waals surface area (Å²) < 4.78 is 0. The summed E-state index contributed by atoms with van der Waals surface area (Å²) in [6, 6.07) is 11.8. The van der Waals surface area contributed by atoms with Crippen molar-refractivity contribution in [1.29, 1.82) is 0 Å². The van der Waals surface area contributed by atoms with Crippen LogP contribution in [0, 0.1) is 16.7 Å². The number of hydrogen-bond acceptors (Lipinski definition) is 2. The maximum absolute atomic E-state index is 13.9. The van der Waals surface area contributed by atoms with Gasteiger partial charge >= 0.3 is 0 Å². The van der Waals surface area contributed by atoms with Crippen LogP contribution < -0.4 is 11.1 Å². The van der Waals surface area contributed by atoms with Crippen molar-refractivity contribution in [3.8, 4) is 0 Å². The normalized spacial score (nSPS) is 42.7. The highest BCUT2D eigenvalue weighted by Crippen LogP contribution is 2.69. The van der Waals surface area contributed by atoms with Gasteiger partial charge in [0.15, 0.2) is 0 Å². The average Bonchev–Trinajstić information content (AvgIpc) is 2.75. The van der Waals surface area contributed by atoms with E-state index >= 15 is 0 Å². The van der Waals surface area contributed by atoms with Gasteiger partial charge < -0.3 is 11.1 Å². The average molecular weight is 429 g/mol. The molecule has 3 N–H and O–H groups in total. The van der Waals surface area contributed by atoms with Gasteiger partial charge in [-0.2, -0.15) is 0 Å². The first-order chi connectivity index (χ1) is 14.5. The van der Waals surface area contributed by atoms with Crippen molar-refractivity contribution in [2.24, 2.45) is 22.5 Å². The minimum Gasteiger partial charge on any atom is -0.353 e. The summed E-state index contributed by atoms with van der Waals surface area (Å²) in [5, 5.41) is 3.52. The number of alkyl halides is 1. The Hall–Kier alpha value is -1.06. The summed E-state index contributed by atoms with van der Waals surface area (Å²) in [7, 11) is 0. The van der Waals surface area contributed by atoms with Gasteiger partial charge in [0.2, 0.25) is 5.91 Å². The second-order valence-electron chi connectivity index (χ2n) is 11.1.